The van der Waals surface area contributed by atoms with E-state index in [9.17, 15) is 9.59 Å². The van der Waals surface area contributed by atoms with Gasteiger partial charge in [0.25, 0.3) is 0 Å². The second kappa shape index (κ2) is 5.03. The summed E-state index contributed by atoms with van der Waals surface area (Å²) >= 11 is 0. The predicted molar refractivity (Wildman–Crippen MR) is 61.5 cm³/mol. The average Bonchev–Trinajstić information content (AvgIpc) is 2.40. The molecule has 0 radical (unpaired) electrons. The van der Waals surface area contributed by atoms with Gasteiger partial charge in [-0.2, -0.15) is 0 Å². The molecule has 0 aliphatic carbocycles. The third-order valence-corrected chi connectivity index (χ3v) is 2.13. The molecule has 17 heavy (non-hydrogen) atoms. The lowest BCUT2D eigenvalue weighted by Crippen LogP contribution is -1.89. The number of aromatic nitrogens is 1. The second-order valence-corrected chi connectivity index (χ2v) is 3.34. The van der Waals surface area contributed by atoms with E-state index in [0.29, 0.717) is 22.8 Å². The largest absolute Gasteiger partial charge is 0.439 e. The van der Waals surface area contributed by atoms with Crippen LogP contribution in [0.25, 0.3) is 0 Å². The fourth-order valence-electron chi connectivity index (χ4n) is 1.26. The van der Waals surface area contributed by atoms with Gasteiger partial charge in [0, 0.05) is 23.4 Å². The molecule has 0 spiro atoms. The summed E-state index contributed by atoms with van der Waals surface area (Å²) in [5.41, 5.74) is 1.08. The molecule has 0 atom stereocenters. The third-order valence-electron chi connectivity index (χ3n) is 2.13. The smallest absolute Gasteiger partial charge is 0.219 e. The van der Waals surface area contributed by atoms with E-state index in [1.807, 2.05) is 0 Å². The lowest BCUT2D eigenvalue weighted by Gasteiger charge is -2.04. The Kier molecular flexibility index (Phi) is 3.25. The van der Waals surface area contributed by atoms with Crippen LogP contribution in [-0.2, 0) is 0 Å². The molecular weight excluding hydrogens is 218 g/mol. The molecule has 84 valence electrons. The number of benzene rings is 1. The van der Waals surface area contributed by atoms with E-state index >= 15 is 0 Å². The predicted octanol–water partition coefficient (Wildman–Crippen LogP) is 2.50. The normalized spacial score (nSPS) is 9.65. The Hall–Kier alpha value is -2.49. The minimum Gasteiger partial charge on any atom is -0.439 e. The molecule has 4 nitrogen and oxygen atoms in total. The van der Waals surface area contributed by atoms with E-state index in [0.717, 1.165) is 12.6 Å². The van der Waals surface area contributed by atoms with Crippen LogP contribution in [0, 0.1) is 0 Å². The molecule has 4 heteroatoms. The summed E-state index contributed by atoms with van der Waals surface area (Å²) in [6.07, 6.45) is 2.92. The highest BCUT2D eigenvalue weighted by Gasteiger charge is 1.99. The zero-order chi connectivity index (χ0) is 12.1. The molecular formula is C13H9NO3. The zero-order valence-corrected chi connectivity index (χ0v) is 8.87. The van der Waals surface area contributed by atoms with Gasteiger partial charge in [-0.1, -0.05) is 0 Å². The summed E-state index contributed by atoms with van der Waals surface area (Å²) in [4.78, 5) is 24.9. The maximum absolute atomic E-state index is 10.5. The van der Waals surface area contributed by atoms with Crippen molar-refractivity contribution in [3.63, 3.8) is 0 Å². The third kappa shape index (κ3) is 2.75. The van der Waals surface area contributed by atoms with Crippen LogP contribution in [0.2, 0.25) is 0 Å². The van der Waals surface area contributed by atoms with Crippen molar-refractivity contribution in [3.05, 3.63) is 53.7 Å². The van der Waals surface area contributed by atoms with Gasteiger partial charge < -0.3 is 4.74 Å². The highest BCUT2D eigenvalue weighted by Crippen LogP contribution is 2.19. The van der Waals surface area contributed by atoms with E-state index in [-0.39, 0.29) is 0 Å². The van der Waals surface area contributed by atoms with Crippen molar-refractivity contribution in [2.24, 2.45) is 0 Å². The van der Waals surface area contributed by atoms with Crippen LogP contribution in [0.15, 0.2) is 42.6 Å². The Morgan fingerprint density at radius 2 is 1.53 bits per heavy atom. The van der Waals surface area contributed by atoms with Gasteiger partial charge in [0.2, 0.25) is 5.88 Å². The monoisotopic (exact) mass is 227 g/mol. The van der Waals surface area contributed by atoms with Crippen molar-refractivity contribution in [1.82, 2.24) is 4.98 Å². The Bertz CT molecular complexity index is 468. The van der Waals surface area contributed by atoms with Gasteiger partial charge in [-0.25, -0.2) is 4.98 Å². The van der Waals surface area contributed by atoms with Crippen molar-refractivity contribution in [1.29, 1.82) is 0 Å². The maximum Gasteiger partial charge on any atom is 0.219 e. The minimum atomic E-state index is 0.398. The summed E-state index contributed by atoms with van der Waals surface area (Å²) < 4.78 is 5.43. The molecule has 2 rings (SSSR count). The first-order chi connectivity index (χ1) is 8.31. The van der Waals surface area contributed by atoms with Crippen LogP contribution in [0.1, 0.15) is 20.7 Å². The number of carbonyl (C=O) groups is 2. The first-order valence-electron chi connectivity index (χ1n) is 4.96. The molecule has 0 aliphatic heterocycles. The molecule has 0 amide bonds. The summed E-state index contributed by atoms with van der Waals surface area (Å²) in [6.45, 7) is 0. The van der Waals surface area contributed by atoms with Crippen molar-refractivity contribution in [2.45, 2.75) is 0 Å². The zero-order valence-electron chi connectivity index (χ0n) is 8.87. The summed E-state index contributed by atoms with van der Waals surface area (Å²) in [5.74, 6) is 0.983. The number of pyridine rings is 1. The van der Waals surface area contributed by atoms with Crippen LogP contribution in [0.4, 0.5) is 0 Å². The van der Waals surface area contributed by atoms with Gasteiger partial charge in [-0.05, 0) is 30.3 Å². The van der Waals surface area contributed by atoms with Gasteiger partial charge in [0.1, 0.15) is 12.0 Å². The Morgan fingerprint density at radius 1 is 0.882 bits per heavy atom. The Balaban J connectivity index is 2.13. The number of carbonyl (C=O) groups excluding carboxylic acids is 2. The van der Waals surface area contributed by atoms with E-state index in [1.54, 1.807) is 36.4 Å². The quantitative estimate of drug-likeness (QED) is 0.753. The van der Waals surface area contributed by atoms with E-state index in [4.69, 9.17) is 4.74 Å². The highest BCUT2D eigenvalue weighted by molar-refractivity contribution is 5.75. The number of aldehydes is 2. The molecule has 0 bridgehead atoms. The molecule has 2 aromatic rings. The second-order valence-electron chi connectivity index (χ2n) is 3.34. The Morgan fingerprint density at radius 3 is 2.06 bits per heavy atom. The fraction of sp³-hybridized carbons (Fsp3) is 0. The molecule has 1 heterocycles. The molecule has 0 unspecified atom stereocenters. The van der Waals surface area contributed by atoms with E-state index in [2.05, 4.69) is 4.98 Å². The number of ether oxygens (including phenoxy) is 1. The van der Waals surface area contributed by atoms with Crippen LogP contribution in [0.3, 0.4) is 0 Å². The maximum atomic E-state index is 10.5. The number of nitrogens with zero attached hydrogens (tertiary/aromatic N) is 1. The van der Waals surface area contributed by atoms with Gasteiger partial charge in [0.05, 0.1) is 0 Å². The van der Waals surface area contributed by atoms with Gasteiger partial charge in [0.15, 0.2) is 6.29 Å². The van der Waals surface area contributed by atoms with Crippen molar-refractivity contribution in [3.8, 4) is 11.6 Å². The number of hydrogen-bond donors (Lipinski definition) is 0. The standard InChI is InChI=1S/C13H9NO3/c15-8-10-1-4-12(5-2-10)17-13-6-3-11(9-16)7-14-13/h1-9H. The van der Waals surface area contributed by atoms with Crippen molar-refractivity contribution < 1.29 is 14.3 Å². The number of rotatable bonds is 4. The van der Waals surface area contributed by atoms with Crippen molar-refractivity contribution in [2.75, 3.05) is 0 Å². The topological polar surface area (TPSA) is 56.3 Å². The molecule has 0 N–H and O–H groups in total. The summed E-state index contributed by atoms with van der Waals surface area (Å²) in [7, 11) is 0. The van der Waals surface area contributed by atoms with Crippen LogP contribution < -0.4 is 4.74 Å². The van der Waals surface area contributed by atoms with Crippen LogP contribution in [-0.4, -0.2) is 17.6 Å². The lowest BCUT2D eigenvalue weighted by molar-refractivity contribution is 0.111. The lowest BCUT2D eigenvalue weighted by atomic mass is 10.2. The van der Waals surface area contributed by atoms with Gasteiger partial charge in [-0.15, -0.1) is 0 Å². The minimum absolute atomic E-state index is 0.398. The molecule has 0 fully saturated rings. The highest BCUT2D eigenvalue weighted by atomic mass is 16.5. The molecule has 1 aromatic carbocycles. The Labute approximate surface area is 97.9 Å². The SMILES string of the molecule is O=Cc1ccc(Oc2ccc(C=O)cn2)cc1. The molecule has 0 aliphatic rings. The summed E-state index contributed by atoms with van der Waals surface area (Å²) in [5, 5.41) is 0. The first kappa shape index (κ1) is 11.0. The number of hydrogen-bond acceptors (Lipinski definition) is 4. The summed E-state index contributed by atoms with van der Waals surface area (Å²) in [6, 6.07) is 9.90. The van der Waals surface area contributed by atoms with Gasteiger partial charge in [-0.3, -0.25) is 9.59 Å². The van der Waals surface area contributed by atoms with Crippen LogP contribution in [0.5, 0.6) is 11.6 Å². The van der Waals surface area contributed by atoms with E-state index in [1.165, 1.54) is 6.20 Å². The molecule has 0 saturated carbocycles. The van der Waals surface area contributed by atoms with Crippen LogP contribution >= 0.6 is 0 Å². The molecule has 1 aromatic heterocycles. The van der Waals surface area contributed by atoms with Crippen molar-refractivity contribution >= 4 is 12.6 Å². The average molecular weight is 227 g/mol. The first-order valence-corrected chi connectivity index (χ1v) is 4.96. The van der Waals surface area contributed by atoms with Gasteiger partial charge >= 0.3 is 0 Å². The molecule has 0 saturated heterocycles. The fourth-order valence-corrected chi connectivity index (χ4v) is 1.26. The van der Waals surface area contributed by atoms with E-state index < -0.39 is 0 Å².